The molecule has 21 heavy (non-hydrogen) atoms. The van der Waals surface area contributed by atoms with Gasteiger partial charge in [0.15, 0.2) is 11.5 Å². The van der Waals surface area contributed by atoms with Crippen LogP contribution in [0.3, 0.4) is 0 Å². The second-order valence-electron chi connectivity index (χ2n) is 5.09. The van der Waals surface area contributed by atoms with Crippen LogP contribution in [0.25, 0.3) is 0 Å². The smallest absolute Gasteiger partial charge is 0.161 e. The highest BCUT2D eigenvalue weighted by molar-refractivity contribution is 14.1. The minimum atomic E-state index is 0.260. The Kier molecular flexibility index (Phi) is 4.35. The average Bonchev–Trinajstić information content (AvgIpc) is 2.54. The molecule has 2 aromatic rings. The quantitative estimate of drug-likeness (QED) is 0.579. The fourth-order valence-corrected chi connectivity index (χ4v) is 3.75. The van der Waals surface area contributed by atoms with Crippen LogP contribution in [0.15, 0.2) is 42.5 Å². The molecule has 0 fully saturated rings. The molecule has 0 radical (unpaired) electrons. The Balaban J connectivity index is 2.13. The second kappa shape index (κ2) is 6.23. The molecule has 0 amide bonds. The molecule has 0 aliphatic carbocycles. The van der Waals surface area contributed by atoms with Crippen LogP contribution < -0.4 is 9.47 Å². The van der Waals surface area contributed by atoms with Crippen LogP contribution in [0.1, 0.15) is 22.7 Å². The number of hydrogen-bond acceptors (Lipinski definition) is 3. The van der Waals surface area contributed by atoms with Gasteiger partial charge in [-0.2, -0.15) is 0 Å². The van der Waals surface area contributed by atoms with Crippen molar-refractivity contribution < 1.29 is 9.47 Å². The van der Waals surface area contributed by atoms with Gasteiger partial charge in [0.25, 0.3) is 0 Å². The summed E-state index contributed by atoms with van der Waals surface area (Å²) in [5.74, 6) is 1.61. The number of rotatable bonds is 3. The first kappa shape index (κ1) is 14.7. The number of hydrogen-bond donors (Lipinski definition) is 0. The van der Waals surface area contributed by atoms with Crippen LogP contribution in [-0.2, 0) is 6.42 Å². The number of benzene rings is 2. The van der Waals surface area contributed by atoms with Crippen molar-refractivity contribution >= 4 is 22.9 Å². The standard InChI is InChI=1S/C17H18INO2/c1-20-15-10-13-8-9-19(18)17(12-6-4-3-5-7-12)14(13)11-16(15)21-2/h3-7,10-11,17H,8-9H2,1-2H3. The van der Waals surface area contributed by atoms with Crippen molar-refractivity contribution in [3.05, 3.63) is 59.2 Å². The summed E-state index contributed by atoms with van der Waals surface area (Å²) < 4.78 is 13.3. The first-order chi connectivity index (χ1) is 10.2. The first-order valence-corrected chi connectivity index (χ1v) is 7.93. The Morgan fingerprint density at radius 2 is 1.71 bits per heavy atom. The molecule has 1 atom stereocenters. The summed E-state index contributed by atoms with van der Waals surface area (Å²) in [6.45, 7) is 1.03. The van der Waals surface area contributed by atoms with E-state index in [4.69, 9.17) is 9.47 Å². The van der Waals surface area contributed by atoms with E-state index in [1.54, 1.807) is 14.2 Å². The predicted octanol–water partition coefficient (Wildman–Crippen LogP) is 4.00. The Bertz CT molecular complexity index is 630. The molecule has 0 saturated heterocycles. The van der Waals surface area contributed by atoms with Crippen molar-refractivity contribution in [3.63, 3.8) is 0 Å². The van der Waals surface area contributed by atoms with Crippen LogP contribution in [0, 0.1) is 0 Å². The highest BCUT2D eigenvalue weighted by Crippen LogP contribution is 2.42. The molecule has 4 heteroatoms. The summed E-state index contributed by atoms with van der Waals surface area (Å²) in [4.78, 5) is 0. The minimum absolute atomic E-state index is 0.260. The third-order valence-electron chi connectivity index (χ3n) is 3.93. The van der Waals surface area contributed by atoms with E-state index in [1.165, 1.54) is 16.7 Å². The van der Waals surface area contributed by atoms with E-state index in [9.17, 15) is 0 Å². The molecular weight excluding hydrogens is 377 g/mol. The van der Waals surface area contributed by atoms with Gasteiger partial charge in [-0.1, -0.05) is 30.3 Å². The summed E-state index contributed by atoms with van der Waals surface area (Å²) in [6.07, 6.45) is 1.03. The van der Waals surface area contributed by atoms with Gasteiger partial charge in [-0.3, -0.25) is 0 Å². The van der Waals surface area contributed by atoms with Crippen molar-refractivity contribution in [2.24, 2.45) is 0 Å². The van der Waals surface area contributed by atoms with Gasteiger partial charge in [0, 0.05) is 29.4 Å². The third-order valence-corrected chi connectivity index (χ3v) is 4.97. The van der Waals surface area contributed by atoms with Crippen LogP contribution in [0.5, 0.6) is 11.5 Å². The fraction of sp³-hybridized carbons (Fsp3) is 0.294. The van der Waals surface area contributed by atoms with Crippen LogP contribution in [-0.4, -0.2) is 23.9 Å². The molecule has 0 spiro atoms. The SMILES string of the molecule is COc1cc2c(cc1OC)C(c1ccccc1)N(I)CC2. The van der Waals surface area contributed by atoms with Gasteiger partial charge in [-0.25, -0.2) is 3.11 Å². The number of fused-ring (bicyclic) bond motifs is 1. The lowest BCUT2D eigenvalue weighted by molar-refractivity contribution is 0.349. The molecule has 110 valence electrons. The molecule has 0 bridgehead atoms. The second-order valence-corrected chi connectivity index (χ2v) is 6.33. The zero-order valence-electron chi connectivity index (χ0n) is 12.2. The van der Waals surface area contributed by atoms with Gasteiger partial charge in [0.1, 0.15) is 0 Å². The topological polar surface area (TPSA) is 21.7 Å². The molecule has 1 unspecified atom stereocenters. The number of methoxy groups -OCH3 is 2. The highest BCUT2D eigenvalue weighted by Gasteiger charge is 2.28. The van der Waals surface area contributed by atoms with Crippen LogP contribution in [0.2, 0.25) is 0 Å². The number of halogens is 1. The van der Waals surface area contributed by atoms with Gasteiger partial charge >= 0.3 is 0 Å². The van der Waals surface area contributed by atoms with E-state index in [0.717, 1.165) is 24.5 Å². The predicted molar refractivity (Wildman–Crippen MR) is 92.3 cm³/mol. The average molecular weight is 395 g/mol. The van der Waals surface area contributed by atoms with Crippen molar-refractivity contribution in [2.45, 2.75) is 12.5 Å². The highest BCUT2D eigenvalue weighted by atomic mass is 127. The Hall–Kier alpha value is -1.27. The normalized spacial score (nSPS) is 18.1. The maximum absolute atomic E-state index is 5.48. The molecule has 3 rings (SSSR count). The van der Waals surface area contributed by atoms with Gasteiger partial charge in [-0.15, -0.1) is 0 Å². The Morgan fingerprint density at radius 3 is 2.38 bits per heavy atom. The molecule has 0 N–H and O–H groups in total. The maximum Gasteiger partial charge on any atom is 0.161 e. The van der Waals surface area contributed by atoms with Crippen LogP contribution in [0.4, 0.5) is 0 Å². The largest absolute Gasteiger partial charge is 0.493 e. The number of ether oxygens (including phenoxy) is 2. The van der Waals surface area contributed by atoms with E-state index in [-0.39, 0.29) is 6.04 Å². The van der Waals surface area contributed by atoms with E-state index < -0.39 is 0 Å². The Labute approximate surface area is 139 Å². The maximum atomic E-state index is 5.48. The lowest BCUT2D eigenvalue weighted by atomic mass is 9.89. The van der Waals surface area contributed by atoms with Crippen LogP contribution >= 0.6 is 22.9 Å². The molecule has 3 nitrogen and oxygen atoms in total. The zero-order valence-corrected chi connectivity index (χ0v) is 14.3. The van der Waals surface area contributed by atoms with Crippen molar-refractivity contribution in [1.82, 2.24) is 3.11 Å². The van der Waals surface area contributed by atoms with E-state index in [1.807, 2.05) is 0 Å². The van der Waals surface area contributed by atoms with Gasteiger partial charge in [0.05, 0.1) is 20.3 Å². The van der Waals surface area contributed by atoms with Gasteiger partial charge in [0.2, 0.25) is 0 Å². The summed E-state index contributed by atoms with van der Waals surface area (Å²) >= 11 is 2.42. The monoisotopic (exact) mass is 395 g/mol. The lowest BCUT2D eigenvalue weighted by Gasteiger charge is -2.34. The summed E-state index contributed by atoms with van der Waals surface area (Å²) in [7, 11) is 3.37. The number of nitrogens with zero attached hydrogens (tertiary/aromatic N) is 1. The van der Waals surface area contributed by atoms with Gasteiger partial charge < -0.3 is 9.47 Å². The molecule has 0 saturated carbocycles. The van der Waals surface area contributed by atoms with Crippen molar-refractivity contribution in [3.8, 4) is 11.5 Å². The zero-order chi connectivity index (χ0) is 14.8. The molecule has 1 heterocycles. The lowest BCUT2D eigenvalue weighted by Crippen LogP contribution is -2.28. The molecule has 1 aliphatic rings. The van der Waals surface area contributed by atoms with Crippen molar-refractivity contribution in [2.75, 3.05) is 20.8 Å². The summed E-state index contributed by atoms with van der Waals surface area (Å²) in [5.41, 5.74) is 3.95. The fourth-order valence-electron chi connectivity index (χ4n) is 2.89. The minimum Gasteiger partial charge on any atom is -0.493 e. The molecule has 2 aromatic carbocycles. The van der Waals surface area contributed by atoms with Crippen molar-refractivity contribution in [1.29, 1.82) is 0 Å². The molecule has 1 aliphatic heterocycles. The third kappa shape index (κ3) is 2.74. The summed E-state index contributed by atoms with van der Waals surface area (Å²) in [5, 5.41) is 0. The van der Waals surface area contributed by atoms with E-state index >= 15 is 0 Å². The summed E-state index contributed by atoms with van der Waals surface area (Å²) in [6, 6.07) is 15.1. The molecule has 0 aromatic heterocycles. The Morgan fingerprint density at radius 1 is 1.05 bits per heavy atom. The van der Waals surface area contributed by atoms with E-state index in [0.29, 0.717) is 0 Å². The first-order valence-electron chi connectivity index (χ1n) is 6.96. The van der Waals surface area contributed by atoms with Gasteiger partial charge in [-0.05, 0) is 35.2 Å². The van der Waals surface area contributed by atoms with E-state index in [2.05, 4.69) is 68.4 Å². The molecular formula is C17H18INO2.